The highest BCUT2D eigenvalue weighted by Gasteiger charge is 2.44. The summed E-state index contributed by atoms with van der Waals surface area (Å²) in [4.78, 5) is 27.7. The smallest absolute Gasteiger partial charge is 0.319 e. The number of nitrogens with two attached hydrogens (primary N) is 1. The maximum Gasteiger partial charge on any atom is 0.319 e. The van der Waals surface area contributed by atoms with E-state index in [-0.39, 0.29) is 16.8 Å². The van der Waals surface area contributed by atoms with Crippen LogP contribution in [0.5, 0.6) is 0 Å². The Hall–Kier alpha value is -2.78. The second kappa shape index (κ2) is 10.1. The van der Waals surface area contributed by atoms with Crippen molar-refractivity contribution in [2.75, 3.05) is 56.7 Å². The standard InChI is InChI=1S/C26H37FN6O2/c1-19-22(17-29-24(30-19)32-12-14-35-15-13-32)33(23(28)34)18-25(2)8-10-26(11-9-25,31(3)4)20-6-5-7-21(27)16-20/h5-7,16-17H,8-15,18H2,1-4H3,(H2,28,34). The van der Waals surface area contributed by atoms with Crippen molar-refractivity contribution in [3.63, 3.8) is 0 Å². The Morgan fingerprint density at radius 3 is 2.46 bits per heavy atom. The lowest BCUT2D eigenvalue weighted by molar-refractivity contribution is 0.0457. The number of ether oxygens (including phenoxy) is 1. The van der Waals surface area contributed by atoms with Crippen LogP contribution in [0.15, 0.2) is 30.5 Å². The summed E-state index contributed by atoms with van der Waals surface area (Å²) in [5.74, 6) is 0.432. The number of carbonyl (C=O) groups excluding carboxylic acids is 1. The van der Waals surface area contributed by atoms with Crippen LogP contribution >= 0.6 is 0 Å². The number of carbonyl (C=O) groups is 1. The molecule has 1 aromatic carbocycles. The Kier molecular flexibility index (Phi) is 7.28. The number of morpholine rings is 1. The van der Waals surface area contributed by atoms with E-state index in [1.54, 1.807) is 23.2 Å². The monoisotopic (exact) mass is 484 g/mol. The Morgan fingerprint density at radius 2 is 1.89 bits per heavy atom. The number of hydrogen-bond acceptors (Lipinski definition) is 6. The van der Waals surface area contributed by atoms with Crippen molar-refractivity contribution < 1.29 is 13.9 Å². The number of halogens is 1. The second-order valence-corrected chi connectivity index (χ2v) is 10.4. The number of anilines is 2. The van der Waals surface area contributed by atoms with E-state index in [2.05, 4.69) is 40.8 Å². The Morgan fingerprint density at radius 1 is 1.20 bits per heavy atom. The Bertz CT molecular complexity index is 1050. The van der Waals surface area contributed by atoms with Gasteiger partial charge in [0.05, 0.1) is 30.8 Å². The number of hydrogen-bond donors (Lipinski definition) is 1. The molecule has 2 amide bonds. The largest absolute Gasteiger partial charge is 0.378 e. The molecule has 2 heterocycles. The molecule has 4 rings (SSSR count). The third-order valence-corrected chi connectivity index (χ3v) is 7.83. The van der Waals surface area contributed by atoms with E-state index in [0.717, 1.165) is 50.0 Å². The van der Waals surface area contributed by atoms with Crippen molar-refractivity contribution >= 4 is 17.7 Å². The van der Waals surface area contributed by atoms with Gasteiger partial charge in [0.2, 0.25) is 5.95 Å². The predicted molar refractivity (Wildman–Crippen MR) is 135 cm³/mol. The van der Waals surface area contributed by atoms with E-state index >= 15 is 0 Å². The van der Waals surface area contributed by atoms with Crippen molar-refractivity contribution in [2.24, 2.45) is 11.1 Å². The summed E-state index contributed by atoms with van der Waals surface area (Å²) >= 11 is 0. The van der Waals surface area contributed by atoms with Crippen LogP contribution in [0.3, 0.4) is 0 Å². The van der Waals surface area contributed by atoms with Gasteiger partial charge in [-0.3, -0.25) is 9.80 Å². The minimum Gasteiger partial charge on any atom is -0.378 e. The van der Waals surface area contributed by atoms with Gasteiger partial charge >= 0.3 is 6.03 Å². The lowest BCUT2D eigenvalue weighted by atomic mass is 9.65. The average Bonchev–Trinajstić information content (AvgIpc) is 2.84. The molecule has 2 fully saturated rings. The molecule has 1 saturated carbocycles. The summed E-state index contributed by atoms with van der Waals surface area (Å²) in [5.41, 5.74) is 7.85. The van der Waals surface area contributed by atoms with Gasteiger partial charge in [0.15, 0.2) is 0 Å². The highest BCUT2D eigenvalue weighted by molar-refractivity contribution is 5.91. The summed E-state index contributed by atoms with van der Waals surface area (Å²) in [7, 11) is 4.11. The summed E-state index contributed by atoms with van der Waals surface area (Å²) in [6, 6.07) is 6.42. The molecule has 1 aliphatic heterocycles. The summed E-state index contributed by atoms with van der Waals surface area (Å²) in [6.45, 7) is 7.37. The number of nitrogens with zero attached hydrogens (tertiary/aromatic N) is 5. The number of urea groups is 1. The van der Waals surface area contributed by atoms with Gasteiger partial charge < -0.3 is 15.4 Å². The van der Waals surface area contributed by atoms with Gasteiger partial charge in [-0.25, -0.2) is 19.2 Å². The van der Waals surface area contributed by atoms with Crippen LogP contribution < -0.4 is 15.5 Å². The molecule has 9 heteroatoms. The molecule has 35 heavy (non-hydrogen) atoms. The lowest BCUT2D eigenvalue weighted by Crippen LogP contribution is -2.50. The summed E-state index contributed by atoms with van der Waals surface area (Å²) < 4.78 is 19.5. The van der Waals surface area contributed by atoms with Crippen molar-refractivity contribution in [1.29, 1.82) is 0 Å². The summed E-state index contributed by atoms with van der Waals surface area (Å²) in [5, 5.41) is 0. The first-order valence-electron chi connectivity index (χ1n) is 12.3. The van der Waals surface area contributed by atoms with E-state index < -0.39 is 6.03 Å². The van der Waals surface area contributed by atoms with E-state index in [9.17, 15) is 9.18 Å². The molecule has 0 unspecified atom stereocenters. The van der Waals surface area contributed by atoms with E-state index in [1.807, 2.05) is 13.0 Å². The number of primary amides is 1. The highest BCUT2D eigenvalue weighted by Crippen LogP contribution is 2.48. The van der Waals surface area contributed by atoms with Crippen LogP contribution in [0, 0.1) is 18.2 Å². The number of amides is 2. The summed E-state index contributed by atoms with van der Waals surface area (Å²) in [6.07, 6.45) is 5.17. The molecule has 1 saturated heterocycles. The fraction of sp³-hybridized carbons (Fsp3) is 0.577. The minimum absolute atomic E-state index is 0.142. The van der Waals surface area contributed by atoms with Crippen LogP contribution in [-0.2, 0) is 10.3 Å². The molecule has 190 valence electrons. The maximum absolute atomic E-state index is 14.0. The number of benzene rings is 1. The van der Waals surface area contributed by atoms with Crippen molar-refractivity contribution in [3.8, 4) is 0 Å². The first-order chi connectivity index (χ1) is 16.6. The van der Waals surface area contributed by atoms with E-state index in [0.29, 0.717) is 31.4 Å². The van der Waals surface area contributed by atoms with Crippen LogP contribution in [0.2, 0.25) is 0 Å². The molecule has 2 aromatic rings. The van der Waals surface area contributed by atoms with Crippen molar-refractivity contribution in [1.82, 2.24) is 14.9 Å². The fourth-order valence-corrected chi connectivity index (χ4v) is 5.49. The molecule has 1 aliphatic carbocycles. The first kappa shape index (κ1) is 25.3. The van der Waals surface area contributed by atoms with E-state index in [1.165, 1.54) is 6.07 Å². The molecule has 0 bridgehead atoms. The molecule has 0 spiro atoms. The zero-order chi connectivity index (χ0) is 25.2. The van der Waals surface area contributed by atoms with E-state index in [4.69, 9.17) is 10.5 Å². The van der Waals surface area contributed by atoms with Crippen LogP contribution in [0.4, 0.5) is 20.8 Å². The Balaban J connectivity index is 1.52. The third kappa shape index (κ3) is 5.26. The minimum atomic E-state index is -0.508. The number of rotatable bonds is 6. The molecule has 2 N–H and O–H groups in total. The lowest BCUT2D eigenvalue weighted by Gasteiger charge is -2.50. The van der Waals surface area contributed by atoms with Gasteiger partial charge in [-0.05, 0) is 69.8 Å². The van der Waals surface area contributed by atoms with Crippen LogP contribution in [0.1, 0.15) is 43.9 Å². The first-order valence-corrected chi connectivity index (χ1v) is 12.3. The molecule has 0 atom stereocenters. The number of aromatic nitrogens is 2. The Labute approximate surface area is 207 Å². The quantitative estimate of drug-likeness (QED) is 0.673. The average molecular weight is 485 g/mol. The van der Waals surface area contributed by atoms with Gasteiger partial charge in [-0.15, -0.1) is 0 Å². The third-order valence-electron chi connectivity index (χ3n) is 7.83. The molecular formula is C26H37FN6O2. The SMILES string of the molecule is Cc1nc(N2CCOCC2)ncc1N(CC1(C)CCC(c2cccc(F)c2)(N(C)C)CC1)C(N)=O. The van der Waals surface area contributed by atoms with Gasteiger partial charge in [-0.1, -0.05) is 19.1 Å². The maximum atomic E-state index is 14.0. The zero-order valence-corrected chi connectivity index (χ0v) is 21.3. The van der Waals surface area contributed by atoms with Gasteiger partial charge in [0.1, 0.15) is 5.82 Å². The molecule has 1 aromatic heterocycles. The van der Waals surface area contributed by atoms with Crippen molar-refractivity contribution in [3.05, 3.63) is 47.5 Å². The van der Waals surface area contributed by atoms with Crippen molar-refractivity contribution in [2.45, 2.75) is 45.1 Å². The van der Waals surface area contributed by atoms with Gasteiger partial charge in [0.25, 0.3) is 0 Å². The van der Waals surface area contributed by atoms with Gasteiger partial charge in [0, 0.05) is 25.2 Å². The second-order valence-electron chi connectivity index (χ2n) is 10.4. The fourth-order valence-electron chi connectivity index (χ4n) is 5.49. The highest BCUT2D eigenvalue weighted by atomic mass is 19.1. The topological polar surface area (TPSA) is 87.8 Å². The molecule has 0 radical (unpaired) electrons. The predicted octanol–water partition coefficient (Wildman–Crippen LogP) is 3.68. The number of aryl methyl sites for hydroxylation is 1. The molecule has 2 aliphatic rings. The molecular weight excluding hydrogens is 447 g/mol. The van der Waals surface area contributed by atoms with Gasteiger partial charge in [-0.2, -0.15) is 0 Å². The zero-order valence-electron chi connectivity index (χ0n) is 21.3. The normalized spacial score (nSPS) is 25.0. The van der Waals surface area contributed by atoms with Crippen LogP contribution in [0.25, 0.3) is 0 Å². The molecule has 8 nitrogen and oxygen atoms in total. The van der Waals surface area contributed by atoms with Crippen LogP contribution in [-0.4, -0.2) is 67.8 Å².